The number of rotatable bonds is 5. The summed E-state index contributed by atoms with van der Waals surface area (Å²) >= 11 is 0. The second-order valence-corrected chi connectivity index (χ2v) is 4.54. The van der Waals surface area contributed by atoms with Crippen LogP contribution < -0.4 is 5.32 Å². The smallest absolute Gasteiger partial charge is 0.362 e. The molecule has 2 N–H and O–H groups in total. The average Bonchev–Trinajstić information content (AvgIpc) is 2.80. The van der Waals surface area contributed by atoms with Crippen molar-refractivity contribution >= 4 is 16.9 Å². The van der Waals surface area contributed by atoms with Gasteiger partial charge in [0.15, 0.2) is 0 Å². The van der Waals surface area contributed by atoms with Crippen LogP contribution in [0.4, 0.5) is 13.2 Å². The third-order valence-corrected chi connectivity index (χ3v) is 2.69. The van der Waals surface area contributed by atoms with Gasteiger partial charge in [-0.05, 0) is 19.1 Å². The maximum absolute atomic E-state index is 11.9. The molecule has 0 aliphatic heterocycles. The van der Waals surface area contributed by atoms with E-state index >= 15 is 0 Å². The van der Waals surface area contributed by atoms with Crippen LogP contribution in [-0.2, 0) is 9.53 Å². The highest BCUT2D eigenvalue weighted by Gasteiger charge is 2.27. The molecule has 2 aromatic rings. The molecule has 8 heteroatoms. The Labute approximate surface area is 118 Å². The predicted molar refractivity (Wildman–Crippen MR) is 69.5 cm³/mol. The van der Waals surface area contributed by atoms with Crippen molar-refractivity contribution in [1.82, 2.24) is 15.3 Å². The van der Waals surface area contributed by atoms with Crippen LogP contribution >= 0.6 is 0 Å². The lowest BCUT2D eigenvalue weighted by Gasteiger charge is -2.12. The number of amides is 1. The first kappa shape index (κ1) is 15.3. The van der Waals surface area contributed by atoms with E-state index in [1.165, 1.54) is 0 Å². The monoisotopic (exact) mass is 301 g/mol. The maximum atomic E-state index is 11.9. The Morgan fingerprint density at radius 3 is 2.81 bits per heavy atom. The van der Waals surface area contributed by atoms with Gasteiger partial charge in [0, 0.05) is 0 Å². The molecule has 114 valence electrons. The quantitative estimate of drug-likeness (QED) is 0.890. The zero-order valence-electron chi connectivity index (χ0n) is 11.2. The molecular formula is C13H14F3N3O2. The van der Waals surface area contributed by atoms with Gasteiger partial charge >= 0.3 is 6.18 Å². The Balaban J connectivity index is 1.88. The van der Waals surface area contributed by atoms with E-state index < -0.39 is 31.3 Å². The van der Waals surface area contributed by atoms with Gasteiger partial charge < -0.3 is 15.0 Å². The van der Waals surface area contributed by atoms with Crippen molar-refractivity contribution in [3.63, 3.8) is 0 Å². The van der Waals surface area contributed by atoms with Crippen molar-refractivity contribution in [2.24, 2.45) is 0 Å². The molecular weight excluding hydrogens is 287 g/mol. The van der Waals surface area contributed by atoms with Gasteiger partial charge in [-0.2, -0.15) is 13.2 Å². The van der Waals surface area contributed by atoms with Crippen LogP contribution in [0.1, 0.15) is 18.8 Å². The van der Waals surface area contributed by atoms with E-state index in [1.54, 1.807) is 6.92 Å². The number of nitrogens with one attached hydrogen (secondary N) is 2. The summed E-state index contributed by atoms with van der Waals surface area (Å²) in [6.45, 7) is -0.414. The highest BCUT2D eigenvalue weighted by atomic mass is 19.4. The number of ether oxygens (including phenoxy) is 1. The maximum Gasteiger partial charge on any atom is 0.411 e. The number of carbonyl (C=O) groups excluding carboxylic acids is 1. The van der Waals surface area contributed by atoms with Gasteiger partial charge in [-0.15, -0.1) is 0 Å². The molecule has 1 amide bonds. The Hall–Kier alpha value is -2.09. The summed E-state index contributed by atoms with van der Waals surface area (Å²) in [5.41, 5.74) is 1.57. The molecule has 0 spiro atoms. The van der Waals surface area contributed by atoms with Gasteiger partial charge in [-0.1, -0.05) is 12.1 Å². The third-order valence-electron chi connectivity index (χ3n) is 2.69. The lowest BCUT2D eigenvalue weighted by Crippen LogP contribution is -2.32. The number of halogens is 3. The number of carbonyl (C=O) groups is 1. The Morgan fingerprint density at radius 2 is 2.14 bits per heavy atom. The van der Waals surface area contributed by atoms with Crippen LogP contribution in [0.5, 0.6) is 0 Å². The summed E-state index contributed by atoms with van der Waals surface area (Å²) in [6.07, 6.45) is -4.44. The van der Waals surface area contributed by atoms with Crippen LogP contribution in [0.15, 0.2) is 24.3 Å². The SMILES string of the molecule is CC(NC(=O)COCC(F)(F)F)c1nc2ccccc2[nH]1. The fourth-order valence-electron chi connectivity index (χ4n) is 1.79. The third kappa shape index (κ3) is 4.45. The molecule has 0 saturated heterocycles. The van der Waals surface area contributed by atoms with Crippen molar-refractivity contribution in [3.8, 4) is 0 Å². The number of nitrogens with zero attached hydrogens (tertiary/aromatic N) is 1. The van der Waals surface area contributed by atoms with Gasteiger partial charge in [-0.3, -0.25) is 4.79 Å². The van der Waals surface area contributed by atoms with Gasteiger partial charge in [0.05, 0.1) is 17.1 Å². The van der Waals surface area contributed by atoms with Crippen molar-refractivity contribution in [1.29, 1.82) is 0 Å². The number of aromatic amines is 1. The molecule has 21 heavy (non-hydrogen) atoms. The van der Waals surface area contributed by atoms with Crippen molar-refractivity contribution < 1.29 is 22.7 Å². The highest BCUT2D eigenvalue weighted by Crippen LogP contribution is 2.16. The van der Waals surface area contributed by atoms with Crippen LogP contribution in [-0.4, -0.2) is 35.3 Å². The number of aromatic nitrogens is 2. The molecule has 0 bridgehead atoms. The average molecular weight is 301 g/mol. The molecule has 5 nitrogen and oxygen atoms in total. The van der Waals surface area contributed by atoms with Gasteiger partial charge in [-0.25, -0.2) is 4.98 Å². The molecule has 0 saturated carbocycles. The molecule has 1 heterocycles. The largest absolute Gasteiger partial charge is 0.411 e. The first-order valence-corrected chi connectivity index (χ1v) is 6.23. The van der Waals surface area contributed by atoms with E-state index in [-0.39, 0.29) is 0 Å². The molecule has 0 aliphatic rings. The van der Waals surface area contributed by atoms with E-state index in [2.05, 4.69) is 20.0 Å². The molecule has 1 atom stereocenters. The van der Waals surface area contributed by atoms with Crippen LogP contribution in [0.2, 0.25) is 0 Å². The first-order chi connectivity index (χ1) is 9.85. The molecule has 1 unspecified atom stereocenters. The number of fused-ring (bicyclic) bond motifs is 1. The van der Waals surface area contributed by atoms with E-state index in [0.29, 0.717) is 5.82 Å². The zero-order valence-corrected chi connectivity index (χ0v) is 11.2. The van der Waals surface area contributed by atoms with Crippen molar-refractivity contribution in [3.05, 3.63) is 30.1 Å². The number of hydrogen-bond donors (Lipinski definition) is 2. The fourth-order valence-corrected chi connectivity index (χ4v) is 1.79. The normalized spacial score (nSPS) is 13.3. The van der Waals surface area contributed by atoms with Crippen LogP contribution in [0.3, 0.4) is 0 Å². The van der Waals surface area contributed by atoms with Gasteiger partial charge in [0.25, 0.3) is 0 Å². The Morgan fingerprint density at radius 1 is 1.43 bits per heavy atom. The van der Waals surface area contributed by atoms with Gasteiger partial charge in [0.1, 0.15) is 19.0 Å². The molecule has 1 aromatic heterocycles. The summed E-state index contributed by atoms with van der Waals surface area (Å²) in [7, 11) is 0. The highest BCUT2D eigenvalue weighted by molar-refractivity contribution is 5.78. The van der Waals surface area contributed by atoms with Crippen molar-refractivity contribution in [2.45, 2.75) is 19.1 Å². The molecule has 0 aliphatic carbocycles. The van der Waals surface area contributed by atoms with Crippen molar-refractivity contribution in [2.75, 3.05) is 13.2 Å². The van der Waals surface area contributed by atoms with Crippen LogP contribution in [0.25, 0.3) is 11.0 Å². The second-order valence-electron chi connectivity index (χ2n) is 4.54. The number of benzene rings is 1. The van der Waals surface area contributed by atoms with E-state index in [4.69, 9.17) is 0 Å². The molecule has 0 fully saturated rings. The summed E-state index contributed by atoms with van der Waals surface area (Å²) in [5, 5.41) is 2.52. The predicted octanol–water partition coefficient (Wildman–Crippen LogP) is 2.32. The van der Waals surface area contributed by atoms with E-state index in [9.17, 15) is 18.0 Å². The Bertz CT molecular complexity index is 591. The minimum absolute atomic E-state index is 0.459. The number of H-pyrrole nitrogens is 1. The molecule has 1 aromatic carbocycles. The Kier molecular flexibility index (Phi) is 4.46. The van der Waals surface area contributed by atoms with E-state index in [0.717, 1.165) is 11.0 Å². The second kappa shape index (κ2) is 6.13. The number of para-hydroxylation sites is 2. The van der Waals surface area contributed by atoms with Crippen LogP contribution in [0, 0.1) is 0 Å². The van der Waals surface area contributed by atoms with E-state index in [1.807, 2.05) is 24.3 Å². The molecule has 0 radical (unpaired) electrons. The zero-order chi connectivity index (χ0) is 15.5. The topological polar surface area (TPSA) is 67.0 Å². The summed E-state index contributed by atoms with van der Waals surface area (Å²) in [6, 6.07) is 6.88. The first-order valence-electron chi connectivity index (χ1n) is 6.23. The number of imidazole rings is 1. The number of hydrogen-bond acceptors (Lipinski definition) is 3. The fraction of sp³-hybridized carbons (Fsp3) is 0.385. The molecule has 2 rings (SSSR count). The lowest BCUT2D eigenvalue weighted by atomic mass is 10.3. The summed E-state index contributed by atoms with van der Waals surface area (Å²) < 4.78 is 39.9. The van der Waals surface area contributed by atoms with Gasteiger partial charge in [0.2, 0.25) is 5.91 Å². The standard InChI is InChI=1S/C13H14F3N3O2/c1-8(17-11(20)6-21-7-13(14,15)16)12-18-9-4-2-3-5-10(9)19-12/h2-5,8H,6-7H2,1H3,(H,17,20)(H,18,19). The minimum Gasteiger partial charge on any atom is -0.362 e. The lowest BCUT2D eigenvalue weighted by molar-refractivity contribution is -0.175. The minimum atomic E-state index is -4.44. The number of alkyl halides is 3. The summed E-state index contributed by atoms with van der Waals surface area (Å²) in [4.78, 5) is 18.8. The summed E-state index contributed by atoms with van der Waals surface area (Å²) in [5.74, 6) is -0.104.